The fourth-order valence-corrected chi connectivity index (χ4v) is 6.69. The van der Waals surface area contributed by atoms with Crippen LogP contribution in [0.2, 0.25) is 0 Å². The highest BCUT2D eigenvalue weighted by atomic mass is 19.1. The molecule has 4 fully saturated rings. The highest BCUT2D eigenvalue weighted by molar-refractivity contribution is 5.52. The Balaban J connectivity index is 0.000000258. The molecule has 228 valence electrons. The molecular weight excluding hydrogens is 501 g/mol. The fourth-order valence-electron chi connectivity index (χ4n) is 6.69. The maximum absolute atomic E-state index is 13.1. The van der Waals surface area contributed by atoms with E-state index in [9.17, 15) is 14.0 Å². The Kier molecular flexibility index (Phi) is 14.8. The first kappa shape index (κ1) is 34.4. The molecule has 2 saturated heterocycles. The molecule has 4 atom stereocenters. The summed E-state index contributed by atoms with van der Waals surface area (Å²) in [5, 5.41) is 0. The molecule has 2 unspecified atom stereocenters. The van der Waals surface area contributed by atoms with Gasteiger partial charge in [0.25, 0.3) is 0 Å². The predicted molar refractivity (Wildman–Crippen MR) is 165 cm³/mol. The van der Waals surface area contributed by atoms with Crippen molar-refractivity contribution in [3.8, 4) is 0 Å². The topological polar surface area (TPSA) is 43.9 Å². The minimum absolute atomic E-state index is 0.252. The molecule has 5 rings (SSSR count). The van der Waals surface area contributed by atoms with E-state index in [1.54, 1.807) is 0 Å². The standard InChI is InChI=1S/C17H31FN2O.C13H15NO.2C2H6/c1-13-7-8-16(19(13)2)12-15(6-4-5-9-21)20(3)17-10-14(18)11-17;15-10-14-9-12(8-13(14)6-7-13)11-4-2-1-3-5-11;2*1-2/h9,13-17H,4-8,10-12H2,1-3H3;1-5,10,12H,6-9H2;2*1-2H3/t13?,14?,15?,16-,17?;12-;;/m11../s1. The number of rotatable bonds is 10. The number of aldehydes is 1. The number of alkyl halides is 1. The zero-order valence-corrected chi connectivity index (χ0v) is 26.5. The summed E-state index contributed by atoms with van der Waals surface area (Å²) in [6.07, 6.45) is 12.8. The minimum Gasteiger partial charge on any atom is -0.339 e. The Morgan fingerprint density at radius 2 is 1.73 bits per heavy atom. The molecule has 1 amide bonds. The Hall–Kier alpha value is -1.79. The van der Waals surface area contributed by atoms with Crippen LogP contribution in [-0.2, 0) is 9.59 Å². The third kappa shape index (κ3) is 9.11. The number of hydrogen-bond donors (Lipinski definition) is 0. The van der Waals surface area contributed by atoms with Crippen molar-refractivity contribution in [3.05, 3.63) is 35.9 Å². The number of carbonyl (C=O) groups is 2. The second-order valence-electron chi connectivity index (χ2n) is 11.9. The van der Waals surface area contributed by atoms with Crippen LogP contribution in [-0.4, -0.2) is 83.9 Å². The van der Waals surface area contributed by atoms with Crippen molar-refractivity contribution >= 4 is 12.7 Å². The van der Waals surface area contributed by atoms with Crippen molar-refractivity contribution in [2.45, 2.75) is 147 Å². The number of nitrogens with zero attached hydrogens (tertiary/aromatic N) is 3. The summed E-state index contributed by atoms with van der Waals surface area (Å²) in [5.41, 5.74) is 1.63. The van der Waals surface area contributed by atoms with Crippen molar-refractivity contribution in [3.63, 3.8) is 0 Å². The zero-order chi connectivity index (χ0) is 29.7. The Labute approximate surface area is 244 Å². The van der Waals surface area contributed by atoms with Gasteiger partial charge in [0, 0.05) is 48.6 Å². The number of amides is 1. The monoisotopic (exact) mass is 559 g/mol. The molecule has 6 heteroatoms. The molecule has 4 aliphatic rings. The van der Waals surface area contributed by atoms with E-state index in [1.807, 2.05) is 38.7 Å². The highest BCUT2D eigenvalue weighted by Gasteiger charge is 2.53. The molecule has 0 aromatic heterocycles. The van der Waals surface area contributed by atoms with Crippen LogP contribution in [0.1, 0.15) is 117 Å². The summed E-state index contributed by atoms with van der Waals surface area (Å²) in [6.45, 7) is 11.2. The molecular formula is C34H58FN3O2. The maximum atomic E-state index is 13.1. The number of benzene rings is 1. The van der Waals surface area contributed by atoms with E-state index < -0.39 is 6.17 Å². The lowest BCUT2D eigenvalue weighted by Crippen LogP contribution is -2.50. The lowest BCUT2D eigenvalue weighted by molar-refractivity contribution is -0.119. The van der Waals surface area contributed by atoms with E-state index in [-0.39, 0.29) is 5.54 Å². The molecule has 40 heavy (non-hydrogen) atoms. The van der Waals surface area contributed by atoms with Gasteiger partial charge in [-0.1, -0.05) is 58.0 Å². The van der Waals surface area contributed by atoms with Gasteiger partial charge in [-0.05, 0) is 90.8 Å². The van der Waals surface area contributed by atoms with Gasteiger partial charge in [0.2, 0.25) is 6.41 Å². The van der Waals surface area contributed by atoms with E-state index in [0.29, 0.717) is 49.3 Å². The third-order valence-corrected chi connectivity index (χ3v) is 9.68. The van der Waals surface area contributed by atoms with Crippen LogP contribution in [0.15, 0.2) is 30.3 Å². The van der Waals surface area contributed by atoms with E-state index in [2.05, 4.69) is 55.1 Å². The summed E-state index contributed by atoms with van der Waals surface area (Å²) in [6, 6.07) is 12.8. The average molecular weight is 560 g/mol. The van der Waals surface area contributed by atoms with Crippen LogP contribution in [0.25, 0.3) is 0 Å². The molecule has 1 spiro atoms. The van der Waals surface area contributed by atoms with Gasteiger partial charge in [-0.15, -0.1) is 0 Å². The van der Waals surface area contributed by atoms with E-state index >= 15 is 0 Å². The summed E-state index contributed by atoms with van der Waals surface area (Å²) in [7, 11) is 4.38. The number of carbonyl (C=O) groups excluding carboxylic acids is 2. The summed E-state index contributed by atoms with van der Waals surface area (Å²) < 4.78 is 13.1. The third-order valence-electron chi connectivity index (χ3n) is 9.68. The number of likely N-dealkylation sites (tertiary alicyclic amines) is 2. The van der Waals surface area contributed by atoms with E-state index in [4.69, 9.17) is 0 Å². The van der Waals surface area contributed by atoms with Gasteiger partial charge >= 0.3 is 0 Å². The zero-order valence-electron chi connectivity index (χ0n) is 26.5. The summed E-state index contributed by atoms with van der Waals surface area (Å²) in [5.74, 6) is 0.555. The van der Waals surface area contributed by atoms with Crippen molar-refractivity contribution in [1.82, 2.24) is 14.7 Å². The normalized spacial score (nSPS) is 28.7. The number of unbranched alkanes of at least 4 members (excludes halogenated alkanes) is 1. The van der Waals surface area contributed by atoms with Gasteiger partial charge in [-0.2, -0.15) is 0 Å². The van der Waals surface area contributed by atoms with Crippen LogP contribution in [0.4, 0.5) is 4.39 Å². The van der Waals surface area contributed by atoms with E-state index in [0.717, 1.165) is 44.9 Å². The van der Waals surface area contributed by atoms with Crippen molar-refractivity contribution in [1.29, 1.82) is 0 Å². The average Bonchev–Trinajstić information content (AvgIpc) is 3.56. The van der Waals surface area contributed by atoms with Crippen molar-refractivity contribution in [2.24, 2.45) is 0 Å². The summed E-state index contributed by atoms with van der Waals surface area (Å²) >= 11 is 0. The largest absolute Gasteiger partial charge is 0.339 e. The molecule has 0 bridgehead atoms. The first-order valence-electron chi connectivity index (χ1n) is 16.2. The van der Waals surface area contributed by atoms with Gasteiger partial charge in [0.15, 0.2) is 0 Å². The molecule has 2 aliphatic heterocycles. The van der Waals surface area contributed by atoms with Crippen LogP contribution in [0.3, 0.4) is 0 Å². The maximum Gasteiger partial charge on any atom is 0.210 e. The minimum atomic E-state index is -0.595. The molecule has 2 aliphatic carbocycles. The second kappa shape index (κ2) is 17.2. The van der Waals surface area contributed by atoms with Crippen LogP contribution in [0.5, 0.6) is 0 Å². The Morgan fingerprint density at radius 3 is 2.20 bits per heavy atom. The summed E-state index contributed by atoms with van der Waals surface area (Å²) in [4.78, 5) is 28.5. The molecule has 5 nitrogen and oxygen atoms in total. The SMILES string of the molecule is CC.CC.CC1CC[C@H](CC(CCCC=O)N(C)C2CC(F)C2)N1C.O=CN1C[C@H](c2ccccc2)CC12CC2. The smallest absolute Gasteiger partial charge is 0.210 e. The molecule has 0 N–H and O–H groups in total. The molecule has 2 heterocycles. The highest BCUT2D eigenvalue weighted by Crippen LogP contribution is 2.53. The second-order valence-corrected chi connectivity index (χ2v) is 11.9. The Morgan fingerprint density at radius 1 is 1.07 bits per heavy atom. The van der Waals surface area contributed by atoms with Crippen LogP contribution < -0.4 is 0 Å². The first-order valence-corrected chi connectivity index (χ1v) is 16.2. The van der Waals surface area contributed by atoms with Crippen molar-refractivity contribution in [2.75, 3.05) is 20.6 Å². The van der Waals surface area contributed by atoms with Crippen LogP contribution >= 0.6 is 0 Å². The number of halogens is 1. The lowest BCUT2D eigenvalue weighted by atomic mass is 9.87. The molecule has 1 aromatic carbocycles. The van der Waals surface area contributed by atoms with E-state index in [1.165, 1.54) is 31.2 Å². The van der Waals surface area contributed by atoms with Gasteiger partial charge in [-0.3, -0.25) is 4.79 Å². The molecule has 0 radical (unpaired) electrons. The lowest BCUT2D eigenvalue weighted by Gasteiger charge is -2.43. The predicted octanol–water partition coefficient (Wildman–Crippen LogP) is 7.25. The first-order chi connectivity index (χ1) is 19.4. The quantitative estimate of drug-likeness (QED) is 0.224. The molecule has 2 saturated carbocycles. The fraction of sp³-hybridized carbons (Fsp3) is 0.765. The van der Waals surface area contributed by atoms with Gasteiger partial charge in [-0.25, -0.2) is 4.39 Å². The van der Waals surface area contributed by atoms with Gasteiger partial charge < -0.3 is 19.5 Å². The Bertz CT molecular complexity index is 843. The molecule has 1 aromatic rings. The van der Waals surface area contributed by atoms with Crippen LogP contribution in [0, 0.1) is 0 Å². The number of hydrogen-bond acceptors (Lipinski definition) is 4. The van der Waals surface area contributed by atoms with Gasteiger partial charge in [0.05, 0.1) is 0 Å². The van der Waals surface area contributed by atoms with Crippen molar-refractivity contribution < 1.29 is 14.0 Å². The van der Waals surface area contributed by atoms with Gasteiger partial charge in [0.1, 0.15) is 12.5 Å².